The van der Waals surface area contributed by atoms with Gasteiger partial charge in [-0.25, -0.2) is 4.57 Å². The summed E-state index contributed by atoms with van der Waals surface area (Å²) in [5, 5.41) is 0. The predicted molar refractivity (Wildman–Crippen MR) is 50.9 cm³/mol. The molecule has 12 heavy (non-hydrogen) atoms. The lowest BCUT2D eigenvalue weighted by Gasteiger charge is -2.13. The molecule has 0 N–H and O–H groups in total. The maximum atomic E-state index is 2.28. The van der Waals surface area contributed by atoms with Gasteiger partial charge in [0, 0.05) is 11.6 Å². The summed E-state index contributed by atoms with van der Waals surface area (Å²) in [5.74, 6) is 1.37. The number of rotatable bonds is 2. The first-order chi connectivity index (χ1) is 5.61. The molecule has 0 aliphatic carbocycles. The summed E-state index contributed by atoms with van der Waals surface area (Å²) in [6.07, 6.45) is 4.27. The molecule has 0 amide bonds. The Bertz CT molecular complexity index is 253. The third-order valence-electron chi connectivity index (χ3n) is 2.49. The van der Waals surface area contributed by atoms with E-state index >= 15 is 0 Å². The molecular formula is C11H18N+. The fraction of sp³-hybridized carbons (Fsp3) is 0.545. The van der Waals surface area contributed by atoms with Gasteiger partial charge in [0.2, 0.25) is 0 Å². The average molecular weight is 164 g/mol. The van der Waals surface area contributed by atoms with Gasteiger partial charge in [-0.15, -0.1) is 0 Å². The number of aryl methyl sites for hydroxylation is 1. The van der Waals surface area contributed by atoms with Gasteiger partial charge in [-0.2, -0.15) is 0 Å². The molecule has 1 unspecified atom stereocenters. The number of hydrogen-bond donors (Lipinski definition) is 0. The minimum Gasteiger partial charge on any atom is -0.208 e. The molecule has 1 heteroatoms. The lowest BCUT2D eigenvalue weighted by atomic mass is 9.92. The molecule has 1 rings (SSSR count). The number of nitrogens with zero attached hydrogens (tertiary/aromatic N) is 1. The van der Waals surface area contributed by atoms with Gasteiger partial charge in [0.15, 0.2) is 12.4 Å². The van der Waals surface area contributed by atoms with Crippen molar-refractivity contribution in [3.63, 3.8) is 0 Å². The Kier molecular flexibility index (Phi) is 2.85. The zero-order chi connectivity index (χ0) is 9.14. The molecule has 0 saturated heterocycles. The highest BCUT2D eigenvalue weighted by atomic mass is 14.9. The Labute approximate surface area is 75.1 Å². The highest BCUT2D eigenvalue weighted by molar-refractivity contribution is 5.11. The normalized spacial score (nSPS) is 13.4. The van der Waals surface area contributed by atoms with Gasteiger partial charge < -0.3 is 0 Å². The van der Waals surface area contributed by atoms with Crippen LogP contribution in [0.2, 0.25) is 0 Å². The maximum absolute atomic E-state index is 2.28. The summed E-state index contributed by atoms with van der Waals surface area (Å²) in [7, 11) is 2.07. The molecule has 0 saturated carbocycles. The molecule has 66 valence electrons. The fourth-order valence-electron chi connectivity index (χ4n) is 1.27. The molecule has 1 nitrogen and oxygen atoms in total. The average Bonchev–Trinajstić information content (AvgIpc) is 2.03. The molecule has 0 spiro atoms. The Morgan fingerprint density at radius 1 is 1.25 bits per heavy atom. The van der Waals surface area contributed by atoms with Crippen LogP contribution in [-0.2, 0) is 7.05 Å². The first-order valence-corrected chi connectivity index (χ1v) is 4.56. The smallest absolute Gasteiger partial charge is 0.171 e. The molecule has 0 fully saturated rings. The summed E-state index contributed by atoms with van der Waals surface area (Å²) in [5.41, 5.74) is 1.43. The van der Waals surface area contributed by atoms with Crippen molar-refractivity contribution >= 4 is 0 Å². The summed E-state index contributed by atoms with van der Waals surface area (Å²) in [6, 6.07) is 4.30. The fourth-order valence-corrected chi connectivity index (χ4v) is 1.27. The molecule has 0 radical (unpaired) electrons. The van der Waals surface area contributed by atoms with Crippen LogP contribution in [0.3, 0.4) is 0 Å². The van der Waals surface area contributed by atoms with Crippen molar-refractivity contribution in [3.8, 4) is 0 Å². The van der Waals surface area contributed by atoms with Crippen molar-refractivity contribution in [2.45, 2.75) is 26.7 Å². The molecule has 0 aliphatic heterocycles. The topological polar surface area (TPSA) is 3.88 Å². The Balaban J connectivity index is 2.88. The molecule has 1 aromatic rings. The zero-order valence-corrected chi connectivity index (χ0v) is 8.41. The highest BCUT2D eigenvalue weighted by Crippen LogP contribution is 2.21. The monoisotopic (exact) mass is 164 g/mol. The van der Waals surface area contributed by atoms with Crippen LogP contribution in [-0.4, -0.2) is 0 Å². The Morgan fingerprint density at radius 3 is 2.42 bits per heavy atom. The SMILES string of the molecule is CC(C)C(C)c1ccc[n+](C)c1. The molecule has 1 atom stereocenters. The van der Waals surface area contributed by atoms with Crippen molar-refractivity contribution in [1.82, 2.24) is 0 Å². The van der Waals surface area contributed by atoms with Crippen molar-refractivity contribution < 1.29 is 4.57 Å². The first kappa shape index (κ1) is 9.24. The lowest BCUT2D eigenvalue weighted by molar-refractivity contribution is -0.672. The van der Waals surface area contributed by atoms with E-state index in [1.807, 2.05) is 0 Å². The van der Waals surface area contributed by atoms with E-state index in [0.29, 0.717) is 11.8 Å². The van der Waals surface area contributed by atoms with Gasteiger partial charge in [0.05, 0.1) is 0 Å². The van der Waals surface area contributed by atoms with Crippen molar-refractivity contribution in [3.05, 3.63) is 30.1 Å². The van der Waals surface area contributed by atoms with Gasteiger partial charge in [0.25, 0.3) is 0 Å². The number of aromatic nitrogens is 1. The predicted octanol–water partition coefficient (Wildman–Crippen LogP) is 2.27. The summed E-state index contributed by atoms with van der Waals surface area (Å²) in [4.78, 5) is 0. The second-order valence-corrected chi connectivity index (χ2v) is 3.84. The number of pyridine rings is 1. The van der Waals surface area contributed by atoms with Crippen LogP contribution in [0.15, 0.2) is 24.5 Å². The van der Waals surface area contributed by atoms with Crippen LogP contribution in [0, 0.1) is 5.92 Å². The van der Waals surface area contributed by atoms with E-state index in [1.54, 1.807) is 0 Å². The van der Waals surface area contributed by atoms with E-state index in [2.05, 4.69) is 56.9 Å². The second-order valence-electron chi connectivity index (χ2n) is 3.84. The first-order valence-electron chi connectivity index (χ1n) is 4.56. The molecule has 0 bridgehead atoms. The minimum atomic E-state index is 0.650. The van der Waals surface area contributed by atoms with E-state index in [0.717, 1.165) is 0 Å². The van der Waals surface area contributed by atoms with Gasteiger partial charge in [0.1, 0.15) is 7.05 Å². The summed E-state index contributed by atoms with van der Waals surface area (Å²) < 4.78 is 2.11. The van der Waals surface area contributed by atoms with Crippen LogP contribution < -0.4 is 4.57 Å². The molecule has 0 aliphatic rings. The van der Waals surface area contributed by atoms with Crippen molar-refractivity contribution in [2.24, 2.45) is 13.0 Å². The van der Waals surface area contributed by atoms with Gasteiger partial charge in [-0.05, 0) is 17.9 Å². The van der Waals surface area contributed by atoms with E-state index in [1.165, 1.54) is 5.56 Å². The van der Waals surface area contributed by atoms with Crippen molar-refractivity contribution in [2.75, 3.05) is 0 Å². The van der Waals surface area contributed by atoms with Crippen LogP contribution in [0.5, 0.6) is 0 Å². The lowest BCUT2D eigenvalue weighted by Crippen LogP contribution is -2.27. The molecule has 0 aromatic carbocycles. The molecule has 1 aromatic heterocycles. The number of hydrogen-bond acceptors (Lipinski definition) is 0. The standard InChI is InChI=1S/C11H18N/c1-9(2)10(3)11-6-5-7-12(4)8-11/h5-10H,1-4H3/q+1. The Morgan fingerprint density at radius 2 is 1.92 bits per heavy atom. The molecule has 1 heterocycles. The minimum absolute atomic E-state index is 0.650. The third-order valence-corrected chi connectivity index (χ3v) is 2.49. The van der Waals surface area contributed by atoms with Crippen LogP contribution in [0.4, 0.5) is 0 Å². The van der Waals surface area contributed by atoms with E-state index in [4.69, 9.17) is 0 Å². The molecular weight excluding hydrogens is 146 g/mol. The van der Waals surface area contributed by atoms with Crippen LogP contribution in [0.1, 0.15) is 32.3 Å². The summed E-state index contributed by atoms with van der Waals surface area (Å²) in [6.45, 7) is 6.80. The largest absolute Gasteiger partial charge is 0.208 e. The highest BCUT2D eigenvalue weighted by Gasteiger charge is 2.11. The van der Waals surface area contributed by atoms with E-state index in [9.17, 15) is 0 Å². The van der Waals surface area contributed by atoms with E-state index in [-0.39, 0.29) is 0 Å². The maximum Gasteiger partial charge on any atom is 0.171 e. The second kappa shape index (κ2) is 3.70. The Hall–Kier alpha value is -0.850. The van der Waals surface area contributed by atoms with Crippen molar-refractivity contribution in [1.29, 1.82) is 0 Å². The summed E-state index contributed by atoms with van der Waals surface area (Å²) >= 11 is 0. The third kappa shape index (κ3) is 2.07. The van der Waals surface area contributed by atoms with Gasteiger partial charge >= 0.3 is 0 Å². The van der Waals surface area contributed by atoms with Gasteiger partial charge in [-0.3, -0.25) is 0 Å². The van der Waals surface area contributed by atoms with E-state index < -0.39 is 0 Å². The van der Waals surface area contributed by atoms with Crippen LogP contribution >= 0.6 is 0 Å². The zero-order valence-electron chi connectivity index (χ0n) is 8.41. The quantitative estimate of drug-likeness (QED) is 0.590. The van der Waals surface area contributed by atoms with Crippen LogP contribution in [0.25, 0.3) is 0 Å². The van der Waals surface area contributed by atoms with Gasteiger partial charge in [-0.1, -0.05) is 20.8 Å².